The number of halogens is 1. The molecule has 8 heteroatoms. The van der Waals surface area contributed by atoms with Crippen molar-refractivity contribution in [3.8, 4) is 11.5 Å². The number of ether oxygens (including phenoxy) is 3. The maximum Gasteiger partial charge on any atom is 0.338 e. The quantitative estimate of drug-likeness (QED) is 0.484. The van der Waals surface area contributed by atoms with Crippen LogP contribution in [0.1, 0.15) is 50.8 Å². The number of urea groups is 1. The highest BCUT2D eigenvalue weighted by atomic mass is 35.5. The summed E-state index contributed by atoms with van der Waals surface area (Å²) in [7, 11) is 1.54. The van der Waals surface area contributed by atoms with E-state index in [1.807, 2.05) is 25.1 Å². The Morgan fingerprint density at radius 3 is 2.61 bits per heavy atom. The van der Waals surface area contributed by atoms with Gasteiger partial charge in [0.05, 0.1) is 24.8 Å². The molecule has 1 heterocycles. The van der Waals surface area contributed by atoms with Gasteiger partial charge in [-0.1, -0.05) is 43.1 Å². The molecule has 1 atom stereocenters. The number of allylic oxidation sites excluding steroid dienone is 1. The Morgan fingerprint density at radius 2 is 1.94 bits per heavy atom. The van der Waals surface area contributed by atoms with Crippen molar-refractivity contribution in [3.63, 3.8) is 0 Å². The number of esters is 1. The summed E-state index contributed by atoms with van der Waals surface area (Å²) in [5.41, 5.74) is 2.56. The van der Waals surface area contributed by atoms with Crippen LogP contribution >= 0.6 is 11.6 Å². The third-order valence-corrected chi connectivity index (χ3v) is 5.26. The summed E-state index contributed by atoms with van der Waals surface area (Å²) in [6.07, 6.45) is 1.02. The molecule has 1 aliphatic rings. The maximum atomic E-state index is 13.0. The first-order valence-electron chi connectivity index (χ1n) is 10.9. The summed E-state index contributed by atoms with van der Waals surface area (Å²) in [5.74, 6) is 0.549. The van der Waals surface area contributed by atoms with Crippen molar-refractivity contribution in [2.75, 3.05) is 7.11 Å². The van der Waals surface area contributed by atoms with Gasteiger partial charge in [0, 0.05) is 10.7 Å². The molecule has 176 valence electrons. The van der Waals surface area contributed by atoms with E-state index in [1.165, 1.54) is 0 Å². The summed E-state index contributed by atoms with van der Waals surface area (Å²) >= 11 is 6.05. The molecular formula is C25H29ClN2O5. The van der Waals surface area contributed by atoms with Gasteiger partial charge in [-0.3, -0.25) is 0 Å². The number of nitrogens with one attached hydrogen (secondary N) is 2. The van der Waals surface area contributed by atoms with Gasteiger partial charge in [-0.25, -0.2) is 9.59 Å². The minimum Gasteiger partial charge on any atom is -0.493 e. The van der Waals surface area contributed by atoms with E-state index in [4.69, 9.17) is 25.8 Å². The zero-order valence-corrected chi connectivity index (χ0v) is 20.0. The van der Waals surface area contributed by atoms with Crippen LogP contribution in [0.3, 0.4) is 0 Å². The second-order valence-electron chi connectivity index (χ2n) is 7.96. The van der Waals surface area contributed by atoms with Crippen molar-refractivity contribution in [1.82, 2.24) is 10.6 Å². The second kappa shape index (κ2) is 11.1. The second-order valence-corrected chi connectivity index (χ2v) is 8.39. The SMILES string of the molecule is CCCC1=C(C(=O)OC(C)C)C(c2ccc(OCc3cccc(Cl)c3)c(OC)c2)NC(=O)N1. The molecule has 33 heavy (non-hydrogen) atoms. The smallest absolute Gasteiger partial charge is 0.338 e. The van der Waals surface area contributed by atoms with E-state index in [1.54, 1.807) is 45.2 Å². The molecule has 0 saturated heterocycles. The van der Waals surface area contributed by atoms with Crippen molar-refractivity contribution in [3.05, 3.63) is 69.9 Å². The molecule has 2 amide bonds. The summed E-state index contributed by atoms with van der Waals surface area (Å²) in [6.45, 7) is 5.87. The molecule has 1 aliphatic heterocycles. The Hall–Kier alpha value is -3.19. The highest BCUT2D eigenvalue weighted by Gasteiger charge is 2.34. The lowest BCUT2D eigenvalue weighted by atomic mass is 9.93. The van der Waals surface area contributed by atoms with Gasteiger partial charge in [-0.05, 0) is 55.7 Å². The average Bonchev–Trinajstić information content (AvgIpc) is 2.77. The van der Waals surface area contributed by atoms with Gasteiger partial charge in [-0.2, -0.15) is 0 Å². The van der Waals surface area contributed by atoms with E-state index in [0.29, 0.717) is 46.4 Å². The fourth-order valence-electron chi connectivity index (χ4n) is 3.60. The van der Waals surface area contributed by atoms with Gasteiger partial charge >= 0.3 is 12.0 Å². The first kappa shape index (κ1) is 24.5. The highest BCUT2D eigenvalue weighted by molar-refractivity contribution is 6.30. The van der Waals surface area contributed by atoms with Crippen molar-refractivity contribution in [1.29, 1.82) is 0 Å². The van der Waals surface area contributed by atoms with Crippen LogP contribution < -0.4 is 20.1 Å². The lowest BCUT2D eigenvalue weighted by Crippen LogP contribution is -2.46. The molecule has 0 aromatic heterocycles. The van der Waals surface area contributed by atoms with E-state index in [-0.39, 0.29) is 12.1 Å². The largest absolute Gasteiger partial charge is 0.493 e. The number of carbonyl (C=O) groups excluding carboxylic acids is 2. The monoisotopic (exact) mass is 472 g/mol. The molecule has 2 aromatic carbocycles. The zero-order valence-electron chi connectivity index (χ0n) is 19.2. The summed E-state index contributed by atoms with van der Waals surface area (Å²) < 4.78 is 16.9. The first-order chi connectivity index (χ1) is 15.8. The average molecular weight is 473 g/mol. The van der Waals surface area contributed by atoms with Crippen molar-refractivity contribution in [2.45, 2.75) is 52.4 Å². The van der Waals surface area contributed by atoms with Crippen LogP contribution in [-0.4, -0.2) is 25.2 Å². The number of amides is 2. The number of methoxy groups -OCH3 is 1. The van der Waals surface area contributed by atoms with Gasteiger partial charge in [0.1, 0.15) is 6.61 Å². The molecule has 2 N–H and O–H groups in total. The summed E-state index contributed by atoms with van der Waals surface area (Å²) in [4.78, 5) is 25.3. The van der Waals surface area contributed by atoms with Crippen molar-refractivity contribution in [2.24, 2.45) is 0 Å². The number of hydrogen-bond acceptors (Lipinski definition) is 5. The lowest BCUT2D eigenvalue weighted by molar-refractivity contribution is -0.143. The van der Waals surface area contributed by atoms with Crippen molar-refractivity contribution < 1.29 is 23.8 Å². The zero-order chi connectivity index (χ0) is 24.0. The number of benzene rings is 2. The van der Waals surface area contributed by atoms with Gasteiger partial charge in [0.15, 0.2) is 11.5 Å². The molecule has 2 aromatic rings. The Kier molecular flexibility index (Phi) is 8.22. The normalized spacial score (nSPS) is 15.7. The van der Waals surface area contributed by atoms with Gasteiger partial charge < -0.3 is 24.8 Å². The lowest BCUT2D eigenvalue weighted by Gasteiger charge is -2.30. The van der Waals surface area contributed by atoms with Crippen LogP contribution in [0, 0.1) is 0 Å². The Morgan fingerprint density at radius 1 is 1.15 bits per heavy atom. The maximum absolute atomic E-state index is 13.0. The molecule has 0 aliphatic carbocycles. The third-order valence-electron chi connectivity index (χ3n) is 5.02. The molecule has 7 nitrogen and oxygen atoms in total. The molecule has 0 bridgehead atoms. The first-order valence-corrected chi connectivity index (χ1v) is 11.3. The van der Waals surface area contributed by atoms with Gasteiger partial charge in [-0.15, -0.1) is 0 Å². The van der Waals surface area contributed by atoms with Crippen LogP contribution in [0.15, 0.2) is 53.7 Å². The highest BCUT2D eigenvalue weighted by Crippen LogP contribution is 2.35. The predicted octanol–water partition coefficient (Wildman–Crippen LogP) is 5.29. The fraction of sp³-hybridized carbons (Fsp3) is 0.360. The van der Waals surface area contributed by atoms with Crippen LogP contribution in [0.2, 0.25) is 5.02 Å². The predicted molar refractivity (Wildman–Crippen MR) is 126 cm³/mol. The Labute approximate surface area is 199 Å². The van der Waals surface area contributed by atoms with Gasteiger partial charge in [0.2, 0.25) is 0 Å². The summed E-state index contributed by atoms with van der Waals surface area (Å²) in [5, 5.41) is 6.24. The van der Waals surface area contributed by atoms with Crippen LogP contribution in [0.4, 0.5) is 4.79 Å². The molecule has 0 fully saturated rings. The van der Waals surface area contributed by atoms with E-state index in [0.717, 1.165) is 12.0 Å². The molecule has 1 unspecified atom stereocenters. The minimum absolute atomic E-state index is 0.289. The third kappa shape index (κ3) is 6.20. The molecule has 0 radical (unpaired) electrons. The molecule has 3 rings (SSSR count). The van der Waals surface area contributed by atoms with Crippen LogP contribution in [0.5, 0.6) is 11.5 Å². The molecule has 0 saturated carbocycles. The molecular weight excluding hydrogens is 444 g/mol. The summed E-state index contributed by atoms with van der Waals surface area (Å²) in [6, 6.07) is 11.7. The van der Waals surface area contributed by atoms with Crippen LogP contribution in [-0.2, 0) is 16.1 Å². The standard InChI is InChI=1S/C25H29ClN2O5/c1-5-7-19-22(24(29)33-15(2)3)23(28-25(30)27-19)17-10-11-20(21(13-17)31-4)32-14-16-8-6-9-18(26)12-16/h6,8-13,15,23H,5,7,14H2,1-4H3,(H2,27,28,30). The number of hydrogen-bond donors (Lipinski definition) is 2. The van der Waals surface area contributed by atoms with E-state index in [2.05, 4.69) is 10.6 Å². The van der Waals surface area contributed by atoms with E-state index in [9.17, 15) is 9.59 Å². The molecule has 0 spiro atoms. The van der Waals surface area contributed by atoms with Crippen molar-refractivity contribution >= 4 is 23.6 Å². The van der Waals surface area contributed by atoms with Gasteiger partial charge in [0.25, 0.3) is 0 Å². The number of rotatable bonds is 9. The van der Waals surface area contributed by atoms with E-state index >= 15 is 0 Å². The van der Waals surface area contributed by atoms with E-state index < -0.39 is 12.0 Å². The Bertz CT molecular complexity index is 1050. The Balaban J connectivity index is 1.92. The fourth-order valence-corrected chi connectivity index (χ4v) is 3.82. The van der Waals surface area contributed by atoms with Crippen LogP contribution in [0.25, 0.3) is 0 Å². The number of carbonyl (C=O) groups is 2. The minimum atomic E-state index is -0.678. The topological polar surface area (TPSA) is 85.9 Å².